The van der Waals surface area contributed by atoms with Crippen LogP contribution < -0.4 is 0 Å². The van der Waals surface area contributed by atoms with Crippen LogP contribution in [0, 0.1) is 0 Å². The lowest BCUT2D eigenvalue weighted by Crippen LogP contribution is -2.50. The first-order valence-corrected chi connectivity index (χ1v) is 9.53. The van der Waals surface area contributed by atoms with Gasteiger partial charge < -0.3 is 10.0 Å². The van der Waals surface area contributed by atoms with E-state index in [1.165, 1.54) is 4.57 Å². The molecule has 0 spiro atoms. The van der Waals surface area contributed by atoms with Gasteiger partial charge in [0.1, 0.15) is 0 Å². The van der Waals surface area contributed by atoms with Crippen LogP contribution in [0.5, 0.6) is 5.88 Å². The van der Waals surface area contributed by atoms with Crippen molar-refractivity contribution in [2.24, 2.45) is 0 Å². The molecule has 3 aromatic rings. The number of para-hydroxylation sites is 1. The normalized spacial score (nSPS) is 15.1. The Morgan fingerprint density at radius 1 is 0.893 bits per heavy atom. The highest BCUT2D eigenvalue weighted by molar-refractivity contribution is 5.96. The SMILES string of the molecule is O=C(CCN1CCN(C(=O)n2c(O)cc3ccccc32)CC1)c1ccccc1. The zero-order chi connectivity index (χ0) is 19.5. The van der Waals surface area contributed by atoms with Crippen molar-refractivity contribution in [2.75, 3.05) is 32.7 Å². The number of rotatable bonds is 4. The Bertz CT molecular complexity index is 989. The van der Waals surface area contributed by atoms with E-state index >= 15 is 0 Å². The first-order chi connectivity index (χ1) is 13.6. The molecule has 0 unspecified atom stereocenters. The smallest absolute Gasteiger partial charge is 0.331 e. The van der Waals surface area contributed by atoms with Crippen molar-refractivity contribution in [3.8, 4) is 5.88 Å². The molecule has 4 rings (SSSR count). The fourth-order valence-electron chi connectivity index (χ4n) is 3.67. The number of hydrogen-bond acceptors (Lipinski definition) is 4. The predicted molar refractivity (Wildman–Crippen MR) is 108 cm³/mol. The fraction of sp³-hybridized carbons (Fsp3) is 0.273. The second-order valence-electron chi connectivity index (χ2n) is 7.05. The van der Waals surface area contributed by atoms with Gasteiger partial charge in [-0.1, -0.05) is 48.5 Å². The van der Waals surface area contributed by atoms with Crippen molar-refractivity contribution in [3.05, 3.63) is 66.2 Å². The number of carbonyl (C=O) groups is 2. The lowest BCUT2D eigenvalue weighted by atomic mass is 10.1. The standard InChI is InChI=1S/C22H23N3O3/c26-20(17-6-2-1-3-7-17)10-11-23-12-14-24(15-13-23)22(28)25-19-9-5-4-8-18(19)16-21(25)27/h1-9,16,27H,10-15H2. The van der Waals surface area contributed by atoms with Gasteiger partial charge in [0.25, 0.3) is 0 Å². The van der Waals surface area contributed by atoms with E-state index in [0.717, 1.165) is 10.9 Å². The number of amides is 1. The number of piperazine rings is 1. The lowest BCUT2D eigenvalue weighted by Gasteiger charge is -2.34. The van der Waals surface area contributed by atoms with E-state index in [0.29, 0.717) is 44.7 Å². The fourth-order valence-corrected chi connectivity index (χ4v) is 3.67. The number of fused-ring (bicyclic) bond motifs is 1. The van der Waals surface area contributed by atoms with E-state index in [1.54, 1.807) is 11.0 Å². The average molecular weight is 377 g/mol. The average Bonchev–Trinajstić information content (AvgIpc) is 3.08. The number of ketones is 1. The van der Waals surface area contributed by atoms with E-state index in [2.05, 4.69) is 4.90 Å². The topological polar surface area (TPSA) is 65.8 Å². The van der Waals surface area contributed by atoms with Gasteiger partial charge >= 0.3 is 6.03 Å². The molecule has 1 fully saturated rings. The minimum atomic E-state index is -0.210. The highest BCUT2D eigenvalue weighted by Crippen LogP contribution is 2.25. The molecule has 6 heteroatoms. The summed E-state index contributed by atoms with van der Waals surface area (Å²) in [5.41, 5.74) is 1.45. The number of carbonyl (C=O) groups excluding carboxylic acids is 2. The number of Topliss-reactive ketones (excluding diaryl/α,β-unsaturated/α-hetero) is 1. The number of benzene rings is 2. The van der Waals surface area contributed by atoms with Gasteiger partial charge in [0, 0.05) is 56.2 Å². The van der Waals surface area contributed by atoms with Crippen molar-refractivity contribution in [1.29, 1.82) is 0 Å². The minimum absolute atomic E-state index is 0.0397. The molecule has 1 N–H and O–H groups in total. The van der Waals surface area contributed by atoms with Gasteiger partial charge in [0.05, 0.1) is 5.52 Å². The van der Waals surface area contributed by atoms with Crippen molar-refractivity contribution in [3.63, 3.8) is 0 Å². The second-order valence-corrected chi connectivity index (χ2v) is 7.05. The third kappa shape index (κ3) is 3.64. The van der Waals surface area contributed by atoms with Crippen molar-refractivity contribution < 1.29 is 14.7 Å². The molecule has 1 aromatic heterocycles. The van der Waals surface area contributed by atoms with Crippen molar-refractivity contribution in [2.45, 2.75) is 6.42 Å². The Morgan fingerprint density at radius 2 is 1.57 bits per heavy atom. The summed E-state index contributed by atoms with van der Waals surface area (Å²) in [7, 11) is 0. The summed E-state index contributed by atoms with van der Waals surface area (Å²) < 4.78 is 1.37. The summed E-state index contributed by atoms with van der Waals surface area (Å²) in [5, 5.41) is 11.0. The molecule has 0 atom stereocenters. The van der Waals surface area contributed by atoms with Crippen LogP contribution in [0.4, 0.5) is 4.79 Å². The Kier molecular flexibility index (Phi) is 5.12. The Balaban J connectivity index is 1.34. The van der Waals surface area contributed by atoms with Gasteiger partial charge in [-0.25, -0.2) is 9.36 Å². The van der Waals surface area contributed by atoms with Crippen LogP contribution in [-0.2, 0) is 0 Å². The summed E-state index contributed by atoms with van der Waals surface area (Å²) in [6.07, 6.45) is 0.473. The quantitative estimate of drug-likeness (QED) is 0.709. The summed E-state index contributed by atoms with van der Waals surface area (Å²) in [6, 6.07) is 18.2. The Labute approximate surface area is 163 Å². The van der Waals surface area contributed by atoms with Gasteiger partial charge in [-0.2, -0.15) is 0 Å². The van der Waals surface area contributed by atoms with Gasteiger partial charge in [-0.3, -0.25) is 9.69 Å². The van der Waals surface area contributed by atoms with Gasteiger partial charge in [0.2, 0.25) is 0 Å². The molecular formula is C22H23N3O3. The molecule has 6 nitrogen and oxygen atoms in total. The molecule has 0 bridgehead atoms. The zero-order valence-electron chi connectivity index (χ0n) is 15.6. The highest BCUT2D eigenvalue weighted by Gasteiger charge is 2.25. The monoisotopic (exact) mass is 377 g/mol. The number of nitrogens with zero attached hydrogens (tertiary/aromatic N) is 3. The van der Waals surface area contributed by atoms with Crippen LogP contribution >= 0.6 is 0 Å². The number of aromatic nitrogens is 1. The van der Waals surface area contributed by atoms with Crippen LogP contribution in [0.25, 0.3) is 10.9 Å². The van der Waals surface area contributed by atoms with Crippen LogP contribution in [0.1, 0.15) is 16.8 Å². The maximum absolute atomic E-state index is 12.9. The molecule has 2 heterocycles. The Morgan fingerprint density at radius 3 is 2.32 bits per heavy atom. The summed E-state index contributed by atoms with van der Waals surface area (Å²) in [5.74, 6) is 0.102. The third-order valence-electron chi connectivity index (χ3n) is 5.28. The summed E-state index contributed by atoms with van der Waals surface area (Å²) >= 11 is 0. The maximum atomic E-state index is 12.9. The maximum Gasteiger partial charge on any atom is 0.331 e. The predicted octanol–water partition coefficient (Wildman–Crippen LogP) is 3.21. The number of aromatic hydroxyl groups is 1. The summed E-state index contributed by atoms with van der Waals surface area (Å²) in [6.45, 7) is 3.27. The lowest BCUT2D eigenvalue weighted by molar-refractivity contribution is 0.0939. The molecule has 1 aliphatic rings. The second kappa shape index (κ2) is 7.86. The Hall–Kier alpha value is -3.12. The molecule has 1 saturated heterocycles. The molecule has 144 valence electrons. The third-order valence-corrected chi connectivity index (χ3v) is 5.28. The summed E-state index contributed by atoms with van der Waals surface area (Å²) in [4.78, 5) is 29.1. The van der Waals surface area contributed by atoms with Crippen LogP contribution in [0.3, 0.4) is 0 Å². The zero-order valence-corrected chi connectivity index (χ0v) is 15.6. The van der Waals surface area contributed by atoms with E-state index in [4.69, 9.17) is 0 Å². The van der Waals surface area contributed by atoms with Crippen molar-refractivity contribution in [1.82, 2.24) is 14.4 Å². The molecule has 1 amide bonds. The molecule has 0 radical (unpaired) electrons. The molecule has 1 aliphatic heterocycles. The van der Waals surface area contributed by atoms with Crippen LogP contribution in [-0.4, -0.2) is 64.0 Å². The van der Waals surface area contributed by atoms with E-state index in [9.17, 15) is 14.7 Å². The molecular weight excluding hydrogens is 354 g/mol. The largest absolute Gasteiger partial charge is 0.494 e. The number of hydrogen-bond donors (Lipinski definition) is 1. The van der Waals surface area contributed by atoms with Crippen LogP contribution in [0.2, 0.25) is 0 Å². The van der Waals surface area contributed by atoms with Gasteiger partial charge in [0.15, 0.2) is 11.7 Å². The molecule has 0 aliphatic carbocycles. The first-order valence-electron chi connectivity index (χ1n) is 9.53. The van der Waals surface area contributed by atoms with E-state index < -0.39 is 0 Å². The molecule has 28 heavy (non-hydrogen) atoms. The minimum Gasteiger partial charge on any atom is -0.494 e. The molecule has 2 aromatic carbocycles. The van der Waals surface area contributed by atoms with Crippen LogP contribution in [0.15, 0.2) is 60.7 Å². The first kappa shape index (κ1) is 18.3. The van der Waals surface area contributed by atoms with E-state index in [1.807, 2.05) is 54.6 Å². The van der Waals surface area contributed by atoms with Gasteiger partial charge in [-0.05, 0) is 6.07 Å². The van der Waals surface area contributed by atoms with E-state index in [-0.39, 0.29) is 17.7 Å². The van der Waals surface area contributed by atoms with Gasteiger partial charge in [-0.15, -0.1) is 0 Å². The molecule has 0 saturated carbocycles. The highest BCUT2D eigenvalue weighted by atomic mass is 16.3. The van der Waals surface area contributed by atoms with Crippen molar-refractivity contribution >= 4 is 22.7 Å².